The molecule has 0 aliphatic heterocycles. The van der Waals surface area contributed by atoms with E-state index in [9.17, 15) is 5.11 Å². The van der Waals surface area contributed by atoms with Crippen LogP contribution in [0.2, 0.25) is 0 Å². The van der Waals surface area contributed by atoms with Gasteiger partial charge in [-0.05, 0) is 49.9 Å². The van der Waals surface area contributed by atoms with Crippen LogP contribution in [0.3, 0.4) is 0 Å². The summed E-state index contributed by atoms with van der Waals surface area (Å²) in [5, 5.41) is 19.8. The fourth-order valence-corrected chi connectivity index (χ4v) is 3.20. The number of phenols is 1. The van der Waals surface area contributed by atoms with Gasteiger partial charge in [0.2, 0.25) is 0 Å². The lowest BCUT2D eigenvalue weighted by molar-refractivity contribution is 0.282. The first-order valence-corrected chi connectivity index (χ1v) is 9.41. The minimum Gasteiger partial charge on any atom is -0.506 e. The van der Waals surface area contributed by atoms with Gasteiger partial charge in [-0.1, -0.05) is 51.0 Å². The van der Waals surface area contributed by atoms with Crippen LogP contribution in [0.4, 0.5) is 0 Å². The second-order valence-electron chi connectivity index (χ2n) is 6.81. The maximum Gasteiger partial charge on any atom is 0.142 e. The lowest BCUT2D eigenvalue weighted by Gasteiger charge is -2.06. The molecule has 2 N–H and O–H groups in total. The molecule has 0 fully saturated rings. The summed E-state index contributed by atoms with van der Waals surface area (Å²) in [5.74, 6) is 0.285. The Labute approximate surface area is 145 Å². The number of nitrogens with zero attached hydrogens (tertiary/aromatic N) is 1. The Morgan fingerprint density at radius 2 is 1.46 bits per heavy atom. The lowest BCUT2D eigenvalue weighted by atomic mass is 10.0. The molecule has 3 nitrogen and oxygen atoms in total. The monoisotopic (exact) mass is 329 g/mol. The molecule has 0 atom stereocenters. The molecule has 2 rings (SSSR count). The van der Waals surface area contributed by atoms with Gasteiger partial charge in [0.05, 0.1) is 0 Å². The van der Waals surface area contributed by atoms with Crippen LogP contribution < -0.4 is 0 Å². The molecule has 3 heteroatoms. The molecule has 0 bridgehead atoms. The van der Waals surface area contributed by atoms with Crippen molar-refractivity contribution >= 4 is 10.9 Å². The number of pyridine rings is 1. The first-order valence-electron chi connectivity index (χ1n) is 9.41. The summed E-state index contributed by atoms with van der Waals surface area (Å²) >= 11 is 0. The number of aromatic nitrogens is 1. The third-order valence-corrected chi connectivity index (χ3v) is 4.57. The van der Waals surface area contributed by atoms with E-state index >= 15 is 0 Å². The number of rotatable bonds is 11. The van der Waals surface area contributed by atoms with Crippen LogP contribution in [0.25, 0.3) is 10.9 Å². The van der Waals surface area contributed by atoms with Crippen molar-refractivity contribution in [2.45, 2.75) is 71.1 Å². The molecule has 0 aliphatic rings. The number of aliphatic hydroxyl groups excluding tert-OH is 1. The Morgan fingerprint density at radius 3 is 2.12 bits per heavy atom. The van der Waals surface area contributed by atoms with Crippen molar-refractivity contribution in [3.05, 3.63) is 35.5 Å². The molecule has 0 amide bonds. The van der Waals surface area contributed by atoms with Gasteiger partial charge in [0.25, 0.3) is 0 Å². The van der Waals surface area contributed by atoms with E-state index in [0.29, 0.717) is 6.61 Å². The quantitative estimate of drug-likeness (QED) is 0.550. The van der Waals surface area contributed by atoms with Crippen LogP contribution in [0.15, 0.2) is 24.3 Å². The number of aryl methyl sites for hydroxylation is 2. The van der Waals surface area contributed by atoms with E-state index in [4.69, 9.17) is 5.11 Å². The van der Waals surface area contributed by atoms with Crippen molar-refractivity contribution < 1.29 is 10.2 Å². The second-order valence-corrected chi connectivity index (χ2v) is 6.81. The maximum atomic E-state index is 10.0. The lowest BCUT2D eigenvalue weighted by Crippen LogP contribution is -1.92. The van der Waals surface area contributed by atoms with Crippen molar-refractivity contribution in [1.82, 2.24) is 4.98 Å². The average Bonchev–Trinajstić information content (AvgIpc) is 2.57. The number of aromatic hydroxyl groups is 1. The SMILES string of the molecule is Cc1cc(O)c2nc(CCCCCCCCCCCO)ccc2c1. The summed E-state index contributed by atoms with van der Waals surface area (Å²) in [6.07, 6.45) is 12.0. The van der Waals surface area contributed by atoms with Crippen LogP contribution in [-0.4, -0.2) is 21.8 Å². The Morgan fingerprint density at radius 1 is 0.833 bits per heavy atom. The van der Waals surface area contributed by atoms with E-state index in [1.807, 2.05) is 6.92 Å². The average molecular weight is 329 g/mol. The highest BCUT2D eigenvalue weighted by Gasteiger charge is 2.04. The van der Waals surface area contributed by atoms with E-state index < -0.39 is 0 Å². The number of hydrogen-bond donors (Lipinski definition) is 2. The number of fused-ring (bicyclic) bond motifs is 1. The predicted molar refractivity (Wildman–Crippen MR) is 100 cm³/mol. The molecule has 0 unspecified atom stereocenters. The Hall–Kier alpha value is -1.61. The van der Waals surface area contributed by atoms with Gasteiger partial charge in [0, 0.05) is 17.7 Å². The van der Waals surface area contributed by atoms with Gasteiger partial charge in [-0.3, -0.25) is 0 Å². The van der Waals surface area contributed by atoms with Crippen molar-refractivity contribution in [1.29, 1.82) is 0 Å². The molecule has 24 heavy (non-hydrogen) atoms. The van der Waals surface area contributed by atoms with Crippen molar-refractivity contribution in [3.8, 4) is 5.75 Å². The number of unbranched alkanes of at least 4 members (excludes halogenated alkanes) is 8. The predicted octanol–water partition coefficient (Wildman–Crippen LogP) is 5.29. The summed E-state index contributed by atoms with van der Waals surface area (Å²) in [6, 6.07) is 7.99. The molecular weight excluding hydrogens is 298 g/mol. The number of phenolic OH excluding ortho intramolecular Hbond substituents is 1. The van der Waals surface area contributed by atoms with Gasteiger partial charge in [0.15, 0.2) is 0 Å². The molecule has 1 aromatic carbocycles. The van der Waals surface area contributed by atoms with Crippen LogP contribution in [0.5, 0.6) is 5.75 Å². The molecule has 1 aromatic heterocycles. The zero-order chi connectivity index (χ0) is 17.2. The highest BCUT2D eigenvalue weighted by molar-refractivity contribution is 5.85. The summed E-state index contributed by atoms with van der Waals surface area (Å²) in [4.78, 5) is 4.62. The Balaban J connectivity index is 1.65. The second kappa shape index (κ2) is 10.3. The summed E-state index contributed by atoms with van der Waals surface area (Å²) in [7, 11) is 0. The Kier molecular flexibility index (Phi) is 8.03. The standard InChI is InChI=1S/C21H31NO2/c1-17-15-18-12-13-19(22-21(18)20(24)16-17)11-9-7-5-3-2-4-6-8-10-14-23/h12-13,15-16,23-24H,2-11,14H2,1H3. The molecular formula is C21H31NO2. The summed E-state index contributed by atoms with van der Waals surface area (Å²) in [5.41, 5.74) is 2.86. The molecule has 0 saturated heterocycles. The zero-order valence-corrected chi connectivity index (χ0v) is 14.9. The third kappa shape index (κ3) is 6.12. The van der Waals surface area contributed by atoms with Gasteiger partial charge in [0.1, 0.15) is 11.3 Å². The van der Waals surface area contributed by atoms with Gasteiger partial charge < -0.3 is 10.2 Å². The molecule has 132 valence electrons. The van der Waals surface area contributed by atoms with E-state index in [1.165, 1.54) is 38.5 Å². The highest BCUT2D eigenvalue weighted by Crippen LogP contribution is 2.25. The fraction of sp³-hybridized carbons (Fsp3) is 0.571. The van der Waals surface area contributed by atoms with E-state index in [0.717, 1.165) is 47.8 Å². The molecule has 0 saturated carbocycles. The minimum atomic E-state index is 0.285. The molecule has 0 spiro atoms. The van der Waals surface area contributed by atoms with Crippen LogP contribution in [-0.2, 0) is 6.42 Å². The number of aliphatic hydroxyl groups is 1. The molecule has 0 aliphatic carbocycles. The van der Waals surface area contributed by atoms with E-state index in [1.54, 1.807) is 6.07 Å². The van der Waals surface area contributed by atoms with Crippen molar-refractivity contribution in [2.75, 3.05) is 6.61 Å². The first kappa shape index (κ1) is 18.7. The highest BCUT2D eigenvalue weighted by atomic mass is 16.3. The number of benzene rings is 1. The van der Waals surface area contributed by atoms with Crippen LogP contribution in [0, 0.1) is 6.92 Å². The van der Waals surface area contributed by atoms with Gasteiger partial charge in [-0.2, -0.15) is 0 Å². The van der Waals surface area contributed by atoms with Crippen LogP contribution in [0.1, 0.15) is 69.0 Å². The van der Waals surface area contributed by atoms with Gasteiger partial charge in [-0.15, -0.1) is 0 Å². The summed E-state index contributed by atoms with van der Waals surface area (Å²) < 4.78 is 0. The smallest absolute Gasteiger partial charge is 0.142 e. The van der Waals surface area contributed by atoms with Gasteiger partial charge in [-0.25, -0.2) is 4.98 Å². The largest absolute Gasteiger partial charge is 0.506 e. The van der Waals surface area contributed by atoms with E-state index in [-0.39, 0.29) is 5.75 Å². The zero-order valence-electron chi connectivity index (χ0n) is 14.9. The molecule has 2 aromatic rings. The Bertz CT molecular complexity index is 625. The van der Waals surface area contributed by atoms with Crippen molar-refractivity contribution in [3.63, 3.8) is 0 Å². The van der Waals surface area contributed by atoms with Crippen LogP contribution >= 0.6 is 0 Å². The van der Waals surface area contributed by atoms with Gasteiger partial charge >= 0.3 is 0 Å². The fourth-order valence-electron chi connectivity index (χ4n) is 3.20. The maximum absolute atomic E-state index is 10.0. The minimum absolute atomic E-state index is 0.285. The summed E-state index contributed by atoms with van der Waals surface area (Å²) in [6.45, 7) is 2.32. The van der Waals surface area contributed by atoms with E-state index in [2.05, 4.69) is 23.2 Å². The topological polar surface area (TPSA) is 53.4 Å². The first-order chi connectivity index (χ1) is 11.7. The normalized spacial score (nSPS) is 11.2. The van der Waals surface area contributed by atoms with Crippen molar-refractivity contribution in [2.24, 2.45) is 0 Å². The third-order valence-electron chi connectivity index (χ3n) is 4.57. The molecule has 0 radical (unpaired) electrons. The number of hydrogen-bond acceptors (Lipinski definition) is 3. The molecule has 1 heterocycles.